The smallest absolute Gasteiger partial charge is 0.416 e. The number of ether oxygens (including phenoxy) is 1. The van der Waals surface area contributed by atoms with Gasteiger partial charge < -0.3 is 19.9 Å². The van der Waals surface area contributed by atoms with Gasteiger partial charge in [-0.15, -0.1) is 0 Å². The van der Waals surface area contributed by atoms with Crippen LogP contribution in [0.5, 0.6) is 6.01 Å². The van der Waals surface area contributed by atoms with Crippen molar-refractivity contribution in [1.29, 1.82) is 0 Å². The molecule has 0 amide bonds. The van der Waals surface area contributed by atoms with Crippen molar-refractivity contribution in [2.75, 3.05) is 41.3 Å². The zero-order valence-corrected chi connectivity index (χ0v) is 21.6. The van der Waals surface area contributed by atoms with Crippen molar-refractivity contribution in [3.63, 3.8) is 0 Å². The van der Waals surface area contributed by atoms with Crippen LogP contribution < -0.4 is 19.9 Å². The van der Waals surface area contributed by atoms with E-state index in [2.05, 4.69) is 25.3 Å². The van der Waals surface area contributed by atoms with Gasteiger partial charge in [0.25, 0.3) is 0 Å². The van der Waals surface area contributed by atoms with Gasteiger partial charge in [-0.1, -0.05) is 18.2 Å². The molecule has 3 heterocycles. The van der Waals surface area contributed by atoms with Crippen molar-refractivity contribution in [3.8, 4) is 6.01 Å². The minimum atomic E-state index is -4.60. The van der Waals surface area contributed by atoms with Gasteiger partial charge in [0.2, 0.25) is 11.9 Å². The average molecular weight is 594 g/mol. The Morgan fingerprint density at radius 3 is 2.12 bits per heavy atom. The van der Waals surface area contributed by atoms with Crippen LogP contribution in [0.2, 0.25) is 0 Å². The number of aromatic nitrogens is 4. The number of rotatable bonds is 7. The third-order valence-electron chi connectivity index (χ3n) is 6.35. The Kier molecular flexibility index (Phi) is 8.00. The second-order valence-corrected chi connectivity index (χ2v) is 9.17. The number of pyridine rings is 1. The van der Waals surface area contributed by atoms with Gasteiger partial charge in [-0.25, -0.2) is 9.37 Å². The van der Waals surface area contributed by atoms with Gasteiger partial charge >= 0.3 is 18.4 Å². The molecule has 5 rings (SSSR count). The van der Waals surface area contributed by atoms with Gasteiger partial charge in [0.1, 0.15) is 6.61 Å². The molecule has 1 aliphatic heterocycles. The summed E-state index contributed by atoms with van der Waals surface area (Å²) in [6.07, 6.45) is -7.64. The standard InChI is InChI=1S/C27H22F7N7O/c28-21-6-3-11-35-22(21)40-12-14-41(15-13-40)24-37-23(36-19-9-7-18(8-10-19)26(29,30)31)38-25(39-24)42-16-17-4-1-2-5-20(17)27(32,33)34/h1-11H,12-16H2,(H,36,37,38,39). The van der Waals surface area contributed by atoms with Crippen LogP contribution >= 0.6 is 0 Å². The van der Waals surface area contributed by atoms with E-state index >= 15 is 0 Å². The molecule has 2 aromatic carbocycles. The summed E-state index contributed by atoms with van der Waals surface area (Å²) in [5, 5.41) is 2.79. The number of piperazine rings is 1. The van der Waals surface area contributed by atoms with Crippen LogP contribution in [-0.2, 0) is 19.0 Å². The van der Waals surface area contributed by atoms with Gasteiger partial charge in [-0.3, -0.25) is 0 Å². The molecule has 0 spiro atoms. The summed E-state index contributed by atoms with van der Waals surface area (Å²) in [5.41, 5.74) is -1.64. The Labute approximate surface area is 234 Å². The van der Waals surface area contributed by atoms with E-state index in [-0.39, 0.29) is 35.0 Å². The maximum absolute atomic E-state index is 14.2. The molecule has 4 aromatic rings. The molecule has 0 bridgehead atoms. The predicted octanol–water partition coefficient (Wildman–Crippen LogP) is 6.09. The van der Waals surface area contributed by atoms with Gasteiger partial charge in [0, 0.05) is 43.6 Å². The molecule has 0 saturated carbocycles. The summed E-state index contributed by atoms with van der Waals surface area (Å²) in [5.74, 6) is -0.259. The number of benzene rings is 2. The summed E-state index contributed by atoms with van der Waals surface area (Å²) in [4.78, 5) is 20.3. The second kappa shape index (κ2) is 11.7. The summed E-state index contributed by atoms with van der Waals surface area (Å²) in [6, 6.07) is 11.5. The molecular formula is C27H22F7N7O. The normalized spacial score (nSPS) is 14.2. The number of hydrogen-bond donors (Lipinski definition) is 1. The quantitative estimate of drug-likeness (QED) is 0.258. The molecule has 220 valence electrons. The van der Waals surface area contributed by atoms with Crippen molar-refractivity contribution in [1.82, 2.24) is 19.9 Å². The predicted molar refractivity (Wildman–Crippen MR) is 139 cm³/mol. The fourth-order valence-corrected chi connectivity index (χ4v) is 4.27. The molecule has 1 aliphatic rings. The lowest BCUT2D eigenvalue weighted by atomic mass is 10.1. The first kappa shape index (κ1) is 28.8. The van der Waals surface area contributed by atoms with Crippen LogP contribution in [-0.4, -0.2) is 46.1 Å². The minimum Gasteiger partial charge on any atom is -0.458 e. The first-order chi connectivity index (χ1) is 20.0. The molecule has 0 atom stereocenters. The topological polar surface area (TPSA) is 79.3 Å². The molecule has 1 N–H and O–H groups in total. The van der Waals surface area contributed by atoms with Gasteiger partial charge in [-0.2, -0.15) is 41.3 Å². The van der Waals surface area contributed by atoms with Crippen LogP contribution in [0, 0.1) is 5.82 Å². The minimum absolute atomic E-state index is 0.0999. The van der Waals surface area contributed by atoms with E-state index in [0.29, 0.717) is 26.2 Å². The average Bonchev–Trinajstić information content (AvgIpc) is 2.96. The lowest BCUT2D eigenvalue weighted by Gasteiger charge is -2.35. The maximum atomic E-state index is 14.2. The summed E-state index contributed by atoms with van der Waals surface area (Å²) < 4.78 is 99.0. The zero-order chi connectivity index (χ0) is 29.9. The maximum Gasteiger partial charge on any atom is 0.416 e. The number of nitrogens with one attached hydrogen (secondary N) is 1. The van der Waals surface area contributed by atoms with Crippen LogP contribution in [0.3, 0.4) is 0 Å². The fourth-order valence-electron chi connectivity index (χ4n) is 4.27. The third kappa shape index (κ3) is 6.78. The van der Waals surface area contributed by atoms with Crippen molar-refractivity contribution >= 4 is 23.4 Å². The Balaban J connectivity index is 1.39. The second-order valence-electron chi connectivity index (χ2n) is 9.17. The summed E-state index contributed by atoms with van der Waals surface area (Å²) in [6.45, 7) is 0.866. The molecule has 1 saturated heterocycles. The Morgan fingerprint density at radius 2 is 1.45 bits per heavy atom. The number of halogens is 7. The number of hydrogen-bond acceptors (Lipinski definition) is 8. The SMILES string of the molecule is Fc1cccnc1N1CCN(c2nc(Nc3ccc(C(F)(F)F)cc3)nc(OCc3ccccc3C(F)(F)F)n2)CC1. The van der Waals surface area contributed by atoms with E-state index < -0.39 is 35.9 Å². The highest BCUT2D eigenvalue weighted by molar-refractivity contribution is 5.55. The van der Waals surface area contributed by atoms with E-state index in [0.717, 1.165) is 18.2 Å². The molecule has 1 fully saturated rings. The Morgan fingerprint density at radius 1 is 0.762 bits per heavy atom. The summed E-state index contributed by atoms with van der Waals surface area (Å²) in [7, 11) is 0. The van der Waals surface area contributed by atoms with Gasteiger partial charge in [-0.05, 0) is 42.5 Å². The molecule has 0 aliphatic carbocycles. The molecular weight excluding hydrogens is 571 g/mol. The Hall–Kier alpha value is -4.69. The molecule has 0 radical (unpaired) electrons. The number of nitrogens with zero attached hydrogens (tertiary/aromatic N) is 6. The van der Waals surface area contributed by atoms with E-state index in [1.54, 1.807) is 9.80 Å². The number of anilines is 4. The third-order valence-corrected chi connectivity index (χ3v) is 6.35. The van der Waals surface area contributed by atoms with Crippen molar-refractivity contribution in [3.05, 3.63) is 89.4 Å². The summed E-state index contributed by atoms with van der Waals surface area (Å²) >= 11 is 0. The highest BCUT2D eigenvalue weighted by Gasteiger charge is 2.33. The lowest BCUT2D eigenvalue weighted by molar-refractivity contribution is -0.139. The van der Waals surface area contributed by atoms with E-state index in [9.17, 15) is 30.7 Å². The van der Waals surface area contributed by atoms with E-state index in [1.807, 2.05) is 0 Å². The van der Waals surface area contributed by atoms with Crippen molar-refractivity contribution in [2.24, 2.45) is 0 Å². The van der Waals surface area contributed by atoms with Gasteiger partial charge in [0.15, 0.2) is 11.6 Å². The molecule has 42 heavy (non-hydrogen) atoms. The first-order valence-electron chi connectivity index (χ1n) is 12.6. The molecule has 15 heteroatoms. The van der Waals surface area contributed by atoms with Crippen LogP contribution in [0.4, 0.5) is 54.1 Å². The molecule has 2 aromatic heterocycles. The van der Waals surface area contributed by atoms with Crippen molar-refractivity contribution in [2.45, 2.75) is 19.0 Å². The van der Waals surface area contributed by atoms with Crippen molar-refractivity contribution < 1.29 is 35.5 Å². The fraction of sp³-hybridized carbons (Fsp3) is 0.259. The highest BCUT2D eigenvalue weighted by Crippen LogP contribution is 2.33. The monoisotopic (exact) mass is 593 g/mol. The lowest BCUT2D eigenvalue weighted by Crippen LogP contribution is -2.47. The zero-order valence-electron chi connectivity index (χ0n) is 21.6. The van der Waals surface area contributed by atoms with Crippen LogP contribution in [0.1, 0.15) is 16.7 Å². The van der Waals surface area contributed by atoms with Crippen LogP contribution in [0.15, 0.2) is 66.9 Å². The Bertz CT molecular complexity index is 1520. The van der Waals surface area contributed by atoms with Gasteiger partial charge in [0.05, 0.1) is 11.1 Å². The largest absolute Gasteiger partial charge is 0.458 e. The first-order valence-corrected chi connectivity index (χ1v) is 12.6. The highest BCUT2D eigenvalue weighted by atomic mass is 19.4. The van der Waals surface area contributed by atoms with E-state index in [1.165, 1.54) is 48.7 Å². The number of alkyl halides is 6. The molecule has 8 nitrogen and oxygen atoms in total. The molecule has 0 unspecified atom stereocenters. The van der Waals surface area contributed by atoms with Crippen LogP contribution in [0.25, 0.3) is 0 Å². The van der Waals surface area contributed by atoms with E-state index in [4.69, 9.17) is 4.74 Å².